The van der Waals surface area contributed by atoms with Crippen molar-refractivity contribution >= 4 is 5.96 Å². The minimum absolute atomic E-state index is 0.640. The zero-order valence-corrected chi connectivity index (χ0v) is 15.0. The third kappa shape index (κ3) is 5.50. The van der Waals surface area contributed by atoms with Crippen LogP contribution in [0.5, 0.6) is 0 Å². The zero-order chi connectivity index (χ0) is 16.7. The van der Waals surface area contributed by atoms with Gasteiger partial charge < -0.3 is 10.2 Å². The van der Waals surface area contributed by atoms with Gasteiger partial charge in [0.15, 0.2) is 5.96 Å². The summed E-state index contributed by atoms with van der Waals surface area (Å²) in [5.74, 6) is 1.75. The molecular weight excluding hydrogens is 286 g/mol. The molecule has 128 valence electrons. The summed E-state index contributed by atoms with van der Waals surface area (Å²) in [7, 11) is 0. The van der Waals surface area contributed by atoms with E-state index in [0.717, 1.165) is 50.3 Å². The fourth-order valence-corrected chi connectivity index (χ4v) is 2.92. The van der Waals surface area contributed by atoms with E-state index in [4.69, 9.17) is 4.99 Å². The normalized spacial score (nSPS) is 16.9. The highest BCUT2D eigenvalue weighted by atomic mass is 15.3. The summed E-state index contributed by atoms with van der Waals surface area (Å²) < 4.78 is 0. The Balaban J connectivity index is 1.96. The van der Waals surface area contributed by atoms with E-state index < -0.39 is 0 Å². The third-order valence-electron chi connectivity index (χ3n) is 4.13. The molecule has 2 heterocycles. The average molecular weight is 317 g/mol. The van der Waals surface area contributed by atoms with Crippen molar-refractivity contribution in [2.75, 3.05) is 39.3 Å². The van der Waals surface area contributed by atoms with Gasteiger partial charge >= 0.3 is 0 Å². The molecule has 0 amide bonds. The number of hydrogen-bond donors (Lipinski definition) is 1. The molecule has 1 N–H and O–H groups in total. The van der Waals surface area contributed by atoms with Crippen molar-refractivity contribution in [2.24, 2.45) is 10.9 Å². The second-order valence-electron chi connectivity index (χ2n) is 6.62. The highest BCUT2D eigenvalue weighted by Crippen LogP contribution is 2.08. The molecule has 1 aromatic rings. The first-order valence-corrected chi connectivity index (χ1v) is 8.76. The van der Waals surface area contributed by atoms with Crippen LogP contribution in [0.3, 0.4) is 0 Å². The third-order valence-corrected chi connectivity index (χ3v) is 4.13. The molecule has 23 heavy (non-hydrogen) atoms. The summed E-state index contributed by atoms with van der Waals surface area (Å²) in [6.07, 6.45) is 1.84. The number of guanidine groups is 1. The Morgan fingerprint density at radius 2 is 2.04 bits per heavy atom. The zero-order valence-electron chi connectivity index (χ0n) is 15.0. The number of aryl methyl sites for hydroxylation is 1. The number of aliphatic imine (C=N–C) groups is 1. The van der Waals surface area contributed by atoms with Gasteiger partial charge in [-0.25, -0.2) is 4.99 Å². The van der Waals surface area contributed by atoms with E-state index in [2.05, 4.69) is 53.9 Å². The molecule has 5 heteroatoms. The van der Waals surface area contributed by atoms with Gasteiger partial charge in [0, 0.05) is 45.5 Å². The molecule has 1 saturated heterocycles. The van der Waals surface area contributed by atoms with Gasteiger partial charge in [-0.1, -0.05) is 19.9 Å². The van der Waals surface area contributed by atoms with E-state index in [-0.39, 0.29) is 0 Å². The quantitative estimate of drug-likeness (QED) is 0.667. The molecule has 0 saturated carbocycles. The Hall–Kier alpha value is -1.62. The Labute approximate surface area is 140 Å². The summed E-state index contributed by atoms with van der Waals surface area (Å²) in [4.78, 5) is 14.2. The fourth-order valence-electron chi connectivity index (χ4n) is 2.92. The van der Waals surface area contributed by atoms with E-state index in [0.29, 0.717) is 6.54 Å². The molecule has 0 radical (unpaired) electrons. The summed E-state index contributed by atoms with van der Waals surface area (Å²) >= 11 is 0. The van der Waals surface area contributed by atoms with Crippen LogP contribution in [0.15, 0.2) is 23.3 Å². The lowest BCUT2D eigenvalue weighted by atomic mass is 10.2. The molecule has 0 aromatic carbocycles. The topological polar surface area (TPSA) is 43.8 Å². The Bertz CT molecular complexity index is 504. The number of aromatic nitrogens is 1. The molecule has 0 spiro atoms. The largest absolute Gasteiger partial charge is 0.357 e. The van der Waals surface area contributed by atoms with E-state index in [1.807, 2.05) is 12.3 Å². The first-order chi connectivity index (χ1) is 11.1. The number of piperazine rings is 1. The van der Waals surface area contributed by atoms with Crippen LogP contribution in [-0.2, 0) is 6.54 Å². The first-order valence-electron chi connectivity index (χ1n) is 8.76. The molecule has 0 aliphatic carbocycles. The van der Waals surface area contributed by atoms with Gasteiger partial charge in [0.2, 0.25) is 0 Å². The predicted octanol–water partition coefficient (Wildman–Crippen LogP) is 2.13. The molecule has 1 fully saturated rings. The van der Waals surface area contributed by atoms with Crippen molar-refractivity contribution in [3.8, 4) is 0 Å². The molecule has 1 aliphatic rings. The average Bonchev–Trinajstić information content (AvgIpc) is 2.53. The monoisotopic (exact) mass is 317 g/mol. The molecule has 2 rings (SSSR count). The molecule has 0 atom stereocenters. The summed E-state index contributed by atoms with van der Waals surface area (Å²) in [5, 5.41) is 3.43. The van der Waals surface area contributed by atoms with E-state index in [9.17, 15) is 0 Å². The van der Waals surface area contributed by atoms with Crippen LogP contribution >= 0.6 is 0 Å². The summed E-state index contributed by atoms with van der Waals surface area (Å²) in [5.41, 5.74) is 2.26. The predicted molar refractivity (Wildman–Crippen MR) is 96.6 cm³/mol. The summed E-state index contributed by atoms with van der Waals surface area (Å²) in [6.45, 7) is 15.8. The molecule has 0 bridgehead atoms. The minimum atomic E-state index is 0.640. The lowest BCUT2D eigenvalue weighted by molar-refractivity contribution is 0.164. The van der Waals surface area contributed by atoms with Gasteiger partial charge in [0.05, 0.1) is 12.2 Å². The minimum Gasteiger partial charge on any atom is -0.357 e. The maximum Gasteiger partial charge on any atom is 0.194 e. The second-order valence-corrected chi connectivity index (χ2v) is 6.62. The smallest absolute Gasteiger partial charge is 0.194 e. The Kier molecular flexibility index (Phi) is 6.84. The number of nitrogens with one attached hydrogen (secondary N) is 1. The van der Waals surface area contributed by atoms with Crippen molar-refractivity contribution in [1.29, 1.82) is 0 Å². The van der Waals surface area contributed by atoms with Crippen LogP contribution in [0.25, 0.3) is 0 Å². The SMILES string of the molecule is CCNC(=NCc1ncccc1C)N1CCN(CC(C)C)CC1. The second kappa shape index (κ2) is 8.87. The standard InChI is InChI=1S/C18H31N5/c1-5-19-18(21-13-17-16(4)7-6-8-20-17)23-11-9-22(10-12-23)14-15(2)3/h6-8,15H,5,9-14H2,1-4H3,(H,19,21). The fraction of sp³-hybridized carbons (Fsp3) is 0.667. The highest BCUT2D eigenvalue weighted by molar-refractivity contribution is 5.80. The Morgan fingerprint density at radius 3 is 2.65 bits per heavy atom. The van der Waals surface area contributed by atoms with Crippen molar-refractivity contribution in [2.45, 2.75) is 34.2 Å². The number of rotatable bonds is 5. The number of pyridine rings is 1. The number of nitrogens with zero attached hydrogens (tertiary/aromatic N) is 4. The van der Waals surface area contributed by atoms with Gasteiger partial charge in [-0.2, -0.15) is 0 Å². The van der Waals surface area contributed by atoms with Gasteiger partial charge in [-0.15, -0.1) is 0 Å². The first kappa shape index (κ1) is 17.7. The van der Waals surface area contributed by atoms with Gasteiger partial charge in [0.1, 0.15) is 0 Å². The van der Waals surface area contributed by atoms with Gasteiger partial charge in [-0.05, 0) is 31.4 Å². The Morgan fingerprint density at radius 1 is 1.30 bits per heavy atom. The lowest BCUT2D eigenvalue weighted by Gasteiger charge is -2.37. The summed E-state index contributed by atoms with van der Waals surface area (Å²) in [6, 6.07) is 4.07. The van der Waals surface area contributed by atoms with Gasteiger partial charge in [0.25, 0.3) is 0 Å². The van der Waals surface area contributed by atoms with Crippen LogP contribution in [0.4, 0.5) is 0 Å². The van der Waals surface area contributed by atoms with E-state index in [1.165, 1.54) is 12.1 Å². The van der Waals surface area contributed by atoms with E-state index in [1.54, 1.807) is 0 Å². The van der Waals surface area contributed by atoms with E-state index >= 15 is 0 Å². The maximum atomic E-state index is 4.80. The van der Waals surface area contributed by atoms with Crippen molar-refractivity contribution in [1.82, 2.24) is 20.1 Å². The van der Waals surface area contributed by atoms with Crippen molar-refractivity contribution in [3.63, 3.8) is 0 Å². The molecule has 1 aliphatic heterocycles. The van der Waals surface area contributed by atoms with Crippen LogP contribution < -0.4 is 5.32 Å². The molecule has 1 aromatic heterocycles. The molecule has 5 nitrogen and oxygen atoms in total. The van der Waals surface area contributed by atoms with Crippen molar-refractivity contribution in [3.05, 3.63) is 29.6 Å². The highest BCUT2D eigenvalue weighted by Gasteiger charge is 2.19. The van der Waals surface area contributed by atoms with Crippen LogP contribution in [-0.4, -0.2) is 60.0 Å². The van der Waals surface area contributed by atoms with Crippen LogP contribution in [0.2, 0.25) is 0 Å². The maximum absolute atomic E-state index is 4.80. The van der Waals surface area contributed by atoms with Crippen LogP contribution in [0, 0.1) is 12.8 Å². The number of hydrogen-bond acceptors (Lipinski definition) is 3. The van der Waals surface area contributed by atoms with Crippen molar-refractivity contribution < 1.29 is 0 Å². The van der Waals surface area contributed by atoms with Crippen LogP contribution in [0.1, 0.15) is 32.0 Å². The molecule has 0 unspecified atom stereocenters. The lowest BCUT2D eigenvalue weighted by Crippen LogP contribution is -2.53. The van der Waals surface area contributed by atoms with Gasteiger partial charge in [-0.3, -0.25) is 9.88 Å². The molecular formula is C18H31N5.